The first-order valence-corrected chi connectivity index (χ1v) is 8.57. The number of methoxy groups -OCH3 is 2. The molecule has 1 fully saturated rings. The quantitative estimate of drug-likeness (QED) is 0.908. The summed E-state index contributed by atoms with van der Waals surface area (Å²) in [6, 6.07) is 6.38. The summed E-state index contributed by atoms with van der Waals surface area (Å²) in [4.78, 5) is 13.9. The van der Waals surface area contributed by atoms with E-state index in [0.29, 0.717) is 0 Å². The lowest BCUT2D eigenvalue weighted by atomic mass is 9.68. The molecule has 1 aliphatic carbocycles. The Kier molecular flexibility index (Phi) is 4.90. The van der Waals surface area contributed by atoms with Crippen LogP contribution in [-0.4, -0.2) is 51.9 Å². The predicted octanol–water partition coefficient (Wildman–Crippen LogP) is 2.68. The van der Waals surface area contributed by atoms with Crippen LogP contribution in [0.2, 0.25) is 0 Å². The van der Waals surface area contributed by atoms with E-state index in [9.17, 15) is 4.79 Å². The predicted molar refractivity (Wildman–Crippen MR) is 95.1 cm³/mol. The molecule has 1 saturated heterocycles. The second kappa shape index (κ2) is 6.96. The second-order valence-electron chi connectivity index (χ2n) is 6.67. The summed E-state index contributed by atoms with van der Waals surface area (Å²) in [5, 5.41) is 2.51. The van der Waals surface area contributed by atoms with Crippen LogP contribution in [0, 0.1) is 0 Å². The molecule has 0 spiro atoms. The van der Waals surface area contributed by atoms with Crippen LogP contribution in [0.5, 0.6) is 11.5 Å². The number of nitrogens with one attached hydrogen (secondary N) is 1. The van der Waals surface area contributed by atoms with E-state index in [0.717, 1.165) is 43.1 Å². The molecule has 6 heteroatoms. The van der Waals surface area contributed by atoms with Crippen molar-refractivity contribution < 1.29 is 19.0 Å². The molecule has 1 heterocycles. The maximum absolute atomic E-state index is 11.5. The second-order valence-corrected chi connectivity index (χ2v) is 6.67. The molecular weight excluding hydrogens is 320 g/mol. The van der Waals surface area contributed by atoms with Crippen LogP contribution < -0.4 is 14.8 Å². The van der Waals surface area contributed by atoms with E-state index < -0.39 is 6.09 Å². The van der Waals surface area contributed by atoms with Gasteiger partial charge in [-0.3, -0.25) is 4.90 Å². The highest BCUT2D eigenvalue weighted by Crippen LogP contribution is 2.49. The summed E-state index contributed by atoms with van der Waals surface area (Å²) in [7, 11) is 7.00. The molecule has 2 atom stereocenters. The van der Waals surface area contributed by atoms with Crippen molar-refractivity contribution in [1.29, 1.82) is 0 Å². The number of nitrogens with zero attached hydrogens (tertiary/aromatic N) is 1. The molecule has 1 amide bonds. The summed E-state index contributed by atoms with van der Waals surface area (Å²) < 4.78 is 16.3. The molecule has 3 rings (SSSR count). The minimum Gasteiger partial charge on any atom is -0.493 e. The van der Waals surface area contributed by atoms with Gasteiger partial charge in [0, 0.05) is 24.9 Å². The van der Waals surface area contributed by atoms with Crippen LogP contribution in [0.15, 0.2) is 30.0 Å². The van der Waals surface area contributed by atoms with E-state index in [4.69, 9.17) is 14.2 Å². The highest BCUT2D eigenvalue weighted by atomic mass is 16.6. The molecule has 2 aliphatic rings. The van der Waals surface area contributed by atoms with Crippen LogP contribution in [-0.2, 0) is 10.2 Å². The van der Waals surface area contributed by atoms with Crippen molar-refractivity contribution >= 4 is 6.09 Å². The zero-order valence-electron chi connectivity index (χ0n) is 15.3. The Bertz CT molecular complexity index is 688. The number of allylic oxidation sites excluding steroid dienone is 1. The largest absolute Gasteiger partial charge is 0.493 e. The molecule has 0 bridgehead atoms. The SMILES string of the molecule is CNC(=O)OC1=CC2N(C)CC[C@]2(c2ccc(OC)c(OC)c2)CC1. The lowest BCUT2D eigenvalue weighted by molar-refractivity contribution is 0.163. The van der Waals surface area contributed by atoms with Crippen molar-refractivity contribution in [3.63, 3.8) is 0 Å². The number of benzene rings is 1. The van der Waals surface area contributed by atoms with Crippen LogP contribution >= 0.6 is 0 Å². The Morgan fingerprint density at radius 2 is 2.00 bits per heavy atom. The van der Waals surface area contributed by atoms with Gasteiger partial charge < -0.3 is 19.5 Å². The Labute approximate surface area is 148 Å². The summed E-state index contributed by atoms with van der Waals surface area (Å²) in [5.74, 6) is 2.23. The third kappa shape index (κ3) is 3.06. The zero-order chi connectivity index (χ0) is 18.0. The van der Waals surface area contributed by atoms with Gasteiger partial charge >= 0.3 is 6.09 Å². The number of carbonyl (C=O) groups excluding carboxylic acids is 1. The molecule has 1 N–H and O–H groups in total. The summed E-state index contributed by atoms with van der Waals surface area (Å²) in [6.45, 7) is 1.00. The summed E-state index contributed by atoms with van der Waals surface area (Å²) in [5.41, 5.74) is 1.25. The highest BCUT2D eigenvalue weighted by molar-refractivity contribution is 5.68. The molecule has 1 aromatic rings. The molecule has 25 heavy (non-hydrogen) atoms. The van der Waals surface area contributed by atoms with Gasteiger partial charge in [0.05, 0.1) is 14.2 Å². The molecule has 0 aromatic heterocycles. The number of alkyl carbamates (subject to hydrolysis) is 1. The Morgan fingerprint density at radius 3 is 2.68 bits per heavy atom. The molecule has 1 unspecified atom stereocenters. The van der Waals surface area contributed by atoms with Crippen molar-refractivity contribution in [3.05, 3.63) is 35.6 Å². The average Bonchev–Trinajstić information content (AvgIpc) is 2.98. The van der Waals surface area contributed by atoms with Gasteiger partial charge in [0.15, 0.2) is 11.5 Å². The number of rotatable bonds is 4. The lowest BCUT2D eigenvalue weighted by Crippen LogP contribution is -2.42. The van der Waals surface area contributed by atoms with Crippen molar-refractivity contribution in [3.8, 4) is 11.5 Å². The Hall–Kier alpha value is -2.21. The third-order valence-corrected chi connectivity index (χ3v) is 5.50. The van der Waals surface area contributed by atoms with E-state index >= 15 is 0 Å². The van der Waals surface area contributed by atoms with Gasteiger partial charge in [0.1, 0.15) is 5.76 Å². The summed E-state index contributed by atoms with van der Waals surface area (Å²) in [6.07, 6.45) is 4.42. The lowest BCUT2D eigenvalue weighted by Gasteiger charge is -2.40. The fourth-order valence-corrected chi connectivity index (χ4v) is 4.11. The van der Waals surface area contributed by atoms with Crippen molar-refractivity contribution in [2.75, 3.05) is 34.9 Å². The first kappa shape index (κ1) is 17.6. The zero-order valence-corrected chi connectivity index (χ0v) is 15.3. The topological polar surface area (TPSA) is 60.0 Å². The van der Waals surface area contributed by atoms with Crippen molar-refractivity contribution in [1.82, 2.24) is 10.2 Å². The molecule has 1 aliphatic heterocycles. The minimum absolute atomic E-state index is 0.00382. The fraction of sp³-hybridized carbons (Fsp3) is 0.526. The maximum Gasteiger partial charge on any atom is 0.412 e. The Morgan fingerprint density at radius 1 is 1.24 bits per heavy atom. The van der Waals surface area contributed by atoms with Gasteiger partial charge in [-0.1, -0.05) is 6.07 Å². The van der Waals surface area contributed by atoms with E-state index in [1.807, 2.05) is 6.07 Å². The van der Waals surface area contributed by atoms with Crippen LogP contribution in [0.3, 0.4) is 0 Å². The molecule has 6 nitrogen and oxygen atoms in total. The number of likely N-dealkylation sites (N-methyl/N-ethyl adjacent to an activating group) is 1. The van der Waals surface area contributed by atoms with Gasteiger partial charge in [-0.15, -0.1) is 0 Å². The average molecular weight is 346 g/mol. The van der Waals surface area contributed by atoms with E-state index in [1.54, 1.807) is 21.3 Å². The van der Waals surface area contributed by atoms with Gasteiger partial charge in [-0.2, -0.15) is 0 Å². The van der Waals surface area contributed by atoms with Crippen molar-refractivity contribution in [2.24, 2.45) is 0 Å². The highest BCUT2D eigenvalue weighted by Gasteiger charge is 2.48. The molecule has 0 saturated carbocycles. The third-order valence-electron chi connectivity index (χ3n) is 5.50. The van der Waals surface area contributed by atoms with Gasteiger partial charge in [0.2, 0.25) is 0 Å². The van der Waals surface area contributed by atoms with Crippen LogP contribution in [0.1, 0.15) is 24.8 Å². The minimum atomic E-state index is -0.412. The number of ether oxygens (including phenoxy) is 3. The monoisotopic (exact) mass is 346 g/mol. The first-order chi connectivity index (χ1) is 12.0. The molecule has 1 aromatic carbocycles. The number of amides is 1. The number of hydrogen-bond donors (Lipinski definition) is 1. The smallest absolute Gasteiger partial charge is 0.412 e. The summed E-state index contributed by atoms with van der Waals surface area (Å²) >= 11 is 0. The van der Waals surface area contributed by atoms with Crippen LogP contribution in [0.25, 0.3) is 0 Å². The molecule has 136 valence electrons. The van der Waals surface area contributed by atoms with Gasteiger partial charge in [-0.25, -0.2) is 4.79 Å². The standard InChI is InChI=1S/C19H26N2O4/c1-20-18(22)25-14-7-8-19(9-10-21(2)17(19)12-14)13-5-6-15(23-3)16(11-13)24-4/h5-6,11-12,17H,7-10H2,1-4H3,(H,20,22)/t17?,19-/m0/s1. The maximum atomic E-state index is 11.5. The van der Waals surface area contributed by atoms with Crippen molar-refractivity contribution in [2.45, 2.75) is 30.7 Å². The molecule has 0 radical (unpaired) electrons. The number of likely N-dealkylation sites (tertiary alicyclic amines) is 1. The number of carbonyl (C=O) groups is 1. The normalized spacial score (nSPS) is 25.8. The number of hydrogen-bond acceptors (Lipinski definition) is 5. The molecular formula is C19H26N2O4. The van der Waals surface area contributed by atoms with Crippen LogP contribution in [0.4, 0.5) is 4.79 Å². The first-order valence-electron chi connectivity index (χ1n) is 8.57. The fourth-order valence-electron chi connectivity index (χ4n) is 4.11. The van der Waals surface area contributed by atoms with E-state index in [1.165, 1.54) is 5.56 Å². The van der Waals surface area contributed by atoms with E-state index in [-0.39, 0.29) is 11.5 Å². The number of fused-ring (bicyclic) bond motifs is 1. The van der Waals surface area contributed by atoms with Gasteiger partial charge in [-0.05, 0) is 50.2 Å². The van der Waals surface area contributed by atoms with Gasteiger partial charge in [0.25, 0.3) is 0 Å². The Balaban J connectivity index is 1.96. The van der Waals surface area contributed by atoms with E-state index in [2.05, 4.69) is 35.5 Å².